The zero-order valence-corrected chi connectivity index (χ0v) is 12.4. The topological polar surface area (TPSA) is 49.4 Å². The van der Waals surface area contributed by atoms with E-state index >= 15 is 0 Å². The molecule has 1 aliphatic rings. The second-order valence-corrected chi connectivity index (χ2v) is 6.03. The van der Waals surface area contributed by atoms with Crippen LogP contribution in [0.25, 0.3) is 0 Å². The summed E-state index contributed by atoms with van der Waals surface area (Å²) >= 11 is 1.61. The lowest BCUT2D eigenvalue weighted by Gasteiger charge is -2.40. The average Bonchev–Trinajstić information content (AvgIpc) is 2.86. The van der Waals surface area contributed by atoms with Crippen molar-refractivity contribution < 1.29 is 9.59 Å². The minimum atomic E-state index is -0.395. The van der Waals surface area contributed by atoms with Crippen LogP contribution in [0.4, 0.5) is 0 Å². The molecular weight excluding hydrogens is 260 g/mol. The molecule has 1 N–H and O–H groups in total. The Bertz CT molecular complexity index is 456. The smallest absolute Gasteiger partial charge is 0.246 e. The zero-order chi connectivity index (χ0) is 14.0. The maximum absolute atomic E-state index is 12.5. The zero-order valence-electron chi connectivity index (χ0n) is 11.6. The molecule has 1 aromatic rings. The maximum atomic E-state index is 12.5. The maximum Gasteiger partial charge on any atom is 0.246 e. The molecular formula is C14H20N2O2S. The van der Waals surface area contributed by atoms with Crippen molar-refractivity contribution in [2.24, 2.45) is 5.92 Å². The molecule has 104 valence electrons. The third-order valence-corrected chi connectivity index (χ3v) is 4.24. The van der Waals surface area contributed by atoms with Gasteiger partial charge in [-0.3, -0.25) is 9.59 Å². The summed E-state index contributed by atoms with van der Waals surface area (Å²) in [5, 5.41) is 6.86. The second-order valence-electron chi connectivity index (χ2n) is 5.25. The van der Waals surface area contributed by atoms with Gasteiger partial charge in [0.05, 0.1) is 0 Å². The van der Waals surface area contributed by atoms with Crippen LogP contribution in [-0.4, -0.2) is 28.8 Å². The number of nitrogens with zero attached hydrogens (tertiary/aromatic N) is 1. The van der Waals surface area contributed by atoms with Gasteiger partial charge in [-0.25, -0.2) is 0 Å². The van der Waals surface area contributed by atoms with E-state index < -0.39 is 6.04 Å². The molecule has 2 heterocycles. The van der Waals surface area contributed by atoms with Crippen molar-refractivity contribution in [1.29, 1.82) is 0 Å². The molecule has 1 saturated heterocycles. The normalized spacial score (nSPS) is 23.9. The summed E-state index contributed by atoms with van der Waals surface area (Å²) in [7, 11) is 0. The molecule has 2 unspecified atom stereocenters. The van der Waals surface area contributed by atoms with Gasteiger partial charge >= 0.3 is 0 Å². The van der Waals surface area contributed by atoms with E-state index in [0.717, 1.165) is 5.56 Å². The fraction of sp³-hybridized carbons (Fsp3) is 0.571. The lowest BCUT2D eigenvalue weighted by molar-refractivity contribution is -0.151. The number of nitrogens with one attached hydrogen (secondary N) is 1. The van der Waals surface area contributed by atoms with Gasteiger partial charge in [0.25, 0.3) is 0 Å². The number of amides is 2. The first kappa shape index (κ1) is 14.1. The van der Waals surface area contributed by atoms with E-state index in [2.05, 4.69) is 5.32 Å². The van der Waals surface area contributed by atoms with Crippen LogP contribution < -0.4 is 5.32 Å². The highest BCUT2D eigenvalue weighted by molar-refractivity contribution is 7.07. The first-order valence-electron chi connectivity index (χ1n) is 6.66. The molecule has 1 aliphatic heterocycles. The van der Waals surface area contributed by atoms with Crippen molar-refractivity contribution in [1.82, 2.24) is 10.2 Å². The van der Waals surface area contributed by atoms with Gasteiger partial charge in [-0.2, -0.15) is 11.3 Å². The highest BCUT2D eigenvalue weighted by Crippen LogP contribution is 2.21. The van der Waals surface area contributed by atoms with E-state index in [1.54, 1.807) is 16.2 Å². The van der Waals surface area contributed by atoms with E-state index in [-0.39, 0.29) is 23.8 Å². The summed E-state index contributed by atoms with van der Waals surface area (Å²) in [6.07, 6.45) is 0.645. The Morgan fingerprint density at radius 1 is 1.42 bits per heavy atom. The minimum absolute atomic E-state index is 0.0315. The summed E-state index contributed by atoms with van der Waals surface area (Å²) < 4.78 is 0. The van der Waals surface area contributed by atoms with Gasteiger partial charge in [0.2, 0.25) is 11.8 Å². The highest BCUT2D eigenvalue weighted by atomic mass is 32.1. The third-order valence-electron chi connectivity index (χ3n) is 3.51. The number of thiophene rings is 1. The Kier molecular flexibility index (Phi) is 4.24. The summed E-state index contributed by atoms with van der Waals surface area (Å²) in [5.41, 5.74) is 1.09. The standard InChI is InChI=1S/C14H20N2O2S/c1-4-11-13(17)15-12(9(2)3)14(18)16(11)7-10-5-6-19-8-10/h5-6,8-9,11-12H,4,7H2,1-3H3,(H,15,17). The lowest BCUT2D eigenvalue weighted by Crippen LogP contribution is -2.64. The van der Waals surface area contributed by atoms with Gasteiger partial charge in [-0.15, -0.1) is 0 Å². The monoisotopic (exact) mass is 280 g/mol. The van der Waals surface area contributed by atoms with Gasteiger partial charge < -0.3 is 10.2 Å². The van der Waals surface area contributed by atoms with Crippen LogP contribution in [0, 0.1) is 5.92 Å². The van der Waals surface area contributed by atoms with E-state index in [4.69, 9.17) is 0 Å². The Morgan fingerprint density at radius 3 is 2.68 bits per heavy atom. The molecule has 2 amide bonds. The molecule has 0 aliphatic carbocycles. The van der Waals surface area contributed by atoms with Crippen molar-refractivity contribution in [3.63, 3.8) is 0 Å². The first-order chi connectivity index (χ1) is 9.04. The van der Waals surface area contributed by atoms with E-state index in [9.17, 15) is 9.59 Å². The average molecular weight is 280 g/mol. The van der Waals surface area contributed by atoms with Crippen LogP contribution in [0.5, 0.6) is 0 Å². The second kappa shape index (κ2) is 5.74. The Hall–Kier alpha value is -1.36. The van der Waals surface area contributed by atoms with Crippen LogP contribution >= 0.6 is 11.3 Å². The largest absolute Gasteiger partial charge is 0.342 e. The van der Waals surface area contributed by atoms with Crippen molar-refractivity contribution >= 4 is 23.2 Å². The van der Waals surface area contributed by atoms with Crippen molar-refractivity contribution in [3.8, 4) is 0 Å². The van der Waals surface area contributed by atoms with Gasteiger partial charge in [-0.1, -0.05) is 20.8 Å². The van der Waals surface area contributed by atoms with Gasteiger partial charge in [0.1, 0.15) is 12.1 Å². The lowest BCUT2D eigenvalue weighted by atomic mass is 9.96. The molecule has 1 fully saturated rings. The molecule has 0 bridgehead atoms. The predicted molar refractivity (Wildman–Crippen MR) is 75.7 cm³/mol. The fourth-order valence-electron chi connectivity index (χ4n) is 2.41. The number of piperazine rings is 1. The summed E-state index contributed by atoms with van der Waals surface area (Å²) in [6.45, 7) is 6.38. The third kappa shape index (κ3) is 2.81. The van der Waals surface area contributed by atoms with Gasteiger partial charge in [0, 0.05) is 6.54 Å². The highest BCUT2D eigenvalue weighted by Gasteiger charge is 2.40. The van der Waals surface area contributed by atoms with E-state index in [1.807, 2.05) is 37.6 Å². The molecule has 1 aromatic heterocycles. The van der Waals surface area contributed by atoms with Crippen LogP contribution in [-0.2, 0) is 16.1 Å². The number of hydrogen-bond acceptors (Lipinski definition) is 3. The molecule has 5 heteroatoms. The number of rotatable bonds is 4. The molecule has 2 rings (SSSR count). The summed E-state index contributed by atoms with van der Waals surface area (Å²) in [4.78, 5) is 26.4. The molecule has 4 nitrogen and oxygen atoms in total. The molecule has 0 aromatic carbocycles. The van der Waals surface area contributed by atoms with Gasteiger partial charge in [0.15, 0.2) is 0 Å². The molecule has 0 spiro atoms. The number of carbonyl (C=O) groups excluding carboxylic acids is 2. The minimum Gasteiger partial charge on any atom is -0.342 e. The quantitative estimate of drug-likeness (QED) is 0.917. The Morgan fingerprint density at radius 2 is 2.16 bits per heavy atom. The molecule has 0 radical (unpaired) electrons. The number of hydrogen-bond donors (Lipinski definition) is 1. The Labute approximate surface area is 117 Å². The summed E-state index contributed by atoms with van der Waals surface area (Å²) in [5.74, 6) is 0.114. The molecule has 19 heavy (non-hydrogen) atoms. The summed E-state index contributed by atoms with van der Waals surface area (Å²) in [6, 6.07) is 1.26. The predicted octanol–water partition coefficient (Wildman–Crippen LogP) is 2.01. The van der Waals surface area contributed by atoms with Crippen molar-refractivity contribution in [2.45, 2.75) is 45.8 Å². The van der Waals surface area contributed by atoms with Crippen LogP contribution in [0.15, 0.2) is 16.8 Å². The van der Waals surface area contributed by atoms with Crippen molar-refractivity contribution in [2.75, 3.05) is 0 Å². The van der Waals surface area contributed by atoms with E-state index in [1.165, 1.54) is 0 Å². The number of carbonyl (C=O) groups is 2. The van der Waals surface area contributed by atoms with Crippen LogP contribution in [0.2, 0.25) is 0 Å². The van der Waals surface area contributed by atoms with E-state index in [0.29, 0.717) is 13.0 Å². The van der Waals surface area contributed by atoms with Gasteiger partial charge in [-0.05, 0) is 34.7 Å². The van der Waals surface area contributed by atoms with Crippen LogP contribution in [0.1, 0.15) is 32.8 Å². The fourth-order valence-corrected chi connectivity index (χ4v) is 3.07. The molecule has 0 saturated carbocycles. The Balaban J connectivity index is 2.23. The SMILES string of the molecule is CCC1C(=O)NC(C(C)C)C(=O)N1Cc1ccsc1. The van der Waals surface area contributed by atoms with Crippen molar-refractivity contribution in [3.05, 3.63) is 22.4 Å². The van der Waals surface area contributed by atoms with Crippen LogP contribution in [0.3, 0.4) is 0 Å². The molecule has 2 atom stereocenters. The first-order valence-corrected chi connectivity index (χ1v) is 7.60.